The highest BCUT2D eigenvalue weighted by molar-refractivity contribution is 8.13. The molecule has 3 rings (SSSR count). The van der Waals surface area contributed by atoms with Gasteiger partial charge in [0, 0.05) is 11.4 Å². The molecule has 0 saturated heterocycles. The zero-order chi connectivity index (χ0) is 17.6. The third kappa shape index (κ3) is 4.25. The molecule has 0 radical (unpaired) electrons. The quantitative estimate of drug-likeness (QED) is 0.477. The number of para-hydroxylation sites is 2. The Labute approximate surface area is 152 Å². The second-order valence-corrected chi connectivity index (χ2v) is 6.33. The first-order valence-electron chi connectivity index (χ1n) is 8.02. The lowest BCUT2D eigenvalue weighted by molar-refractivity contribution is 1.02. The van der Waals surface area contributed by atoms with Gasteiger partial charge in [0.1, 0.15) is 0 Å². The zero-order valence-electron chi connectivity index (χ0n) is 14.5. The minimum Gasteiger partial charge on any atom is -0.257 e. The van der Waals surface area contributed by atoms with E-state index in [-0.39, 0.29) is 0 Å². The van der Waals surface area contributed by atoms with Gasteiger partial charge in [-0.3, -0.25) is 4.90 Å². The van der Waals surface area contributed by atoms with E-state index < -0.39 is 0 Å². The molecule has 0 atom stereocenters. The number of hydrogen-bond acceptors (Lipinski definition) is 4. The van der Waals surface area contributed by atoms with Crippen molar-refractivity contribution >= 4 is 34.3 Å². The fraction of sp³-hybridized carbons (Fsp3) is 0.150. The normalized spacial score (nSPS) is 11.4. The molecule has 2 aromatic carbocycles. The van der Waals surface area contributed by atoms with Crippen LogP contribution in [0.1, 0.15) is 11.4 Å². The molecule has 1 heterocycles. The number of hydrogen-bond donors (Lipinski definition) is 0. The third-order valence-electron chi connectivity index (χ3n) is 3.54. The van der Waals surface area contributed by atoms with Gasteiger partial charge in [-0.1, -0.05) is 48.2 Å². The predicted octanol–water partition coefficient (Wildman–Crippen LogP) is 5.28. The number of aromatic nitrogens is 2. The van der Waals surface area contributed by atoms with E-state index in [1.165, 1.54) is 0 Å². The Morgan fingerprint density at radius 3 is 2.00 bits per heavy atom. The maximum absolute atomic E-state index is 4.82. The summed E-state index contributed by atoms with van der Waals surface area (Å²) in [5.74, 6) is 0.632. The fourth-order valence-corrected chi connectivity index (χ4v) is 3.06. The van der Waals surface area contributed by atoms with E-state index >= 15 is 0 Å². The summed E-state index contributed by atoms with van der Waals surface area (Å²) >= 11 is 1.57. The van der Waals surface area contributed by atoms with Gasteiger partial charge in [0.2, 0.25) is 5.95 Å². The molecule has 1 aromatic heterocycles. The van der Waals surface area contributed by atoms with Crippen LogP contribution in [-0.4, -0.2) is 21.4 Å². The molecule has 126 valence electrons. The van der Waals surface area contributed by atoms with Gasteiger partial charge >= 0.3 is 0 Å². The van der Waals surface area contributed by atoms with Crippen LogP contribution in [0.2, 0.25) is 0 Å². The van der Waals surface area contributed by atoms with Crippen LogP contribution in [0.3, 0.4) is 0 Å². The summed E-state index contributed by atoms with van der Waals surface area (Å²) in [6, 6.07) is 22.0. The second-order valence-electron chi connectivity index (χ2n) is 5.56. The van der Waals surface area contributed by atoms with Crippen molar-refractivity contribution in [2.24, 2.45) is 4.99 Å². The number of rotatable bonds is 3. The summed E-state index contributed by atoms with van der Waals surface area (Å²) in [5.41, 5.74) is 3.75. The molecule has 0 aliphatic heterocycles. The van der Waals surface area contributed by atoms with Gasteiger partial charge in [-0.25, -0.2) is 15.0 Å². The van der Waals surface area contributed by atoms with Crippen molar-refractivity contribution in [2.45, 2.75) is 13.8 Å². The lowest BCUT2D eigenvalue weighted by Crippen LogP contribution is -2.25. The summed E-state index contributed by atoms with van der Waals surface area (Å²) in [6.07, 6.45) is 2.01. The Morgan fingerprint density at radius 2 is 1.44 bits per heavy atom. The predicted molar refractivity (Wildman–Crippen MR) is 107 cm³/mol. The summed E-state index contributed by atoms with van der Waals surface area (Å²) < 4.78 is 0. The van der Waals surface area contributed by atoms with Crippen molar-refractivity contribution in [1.82, 2.24) is 9.97 Å². The molecule has 5 heteroatoms. The topological polar surface area (TPSA) is 41.4 Å². The molecule has 0 aliphatic rings. The number of thioether (sulfide) groups is 1. The number of aliphatic imine (C=N–C) groups is 1. The SMILES string of the molecule is CS/C(=N\c1ccccc1)N(c1ccccc1)c1nc(C)cc(C)n1. The standard InChI is InChI=1S/C20H20N4S/c1-15-14-16(2)22-19(21-15)24(18-12-8-5-9-13-18)20(25-3)23-17-10-6-4-7-11-17/h4-14H,1-3H3/b23-20-. The molecule has 0 spiro atoms. The van der Waals surface area contributed by atoms with Crippen molar-refractivity contribution in [3.05, 3.63) is 78.1 Å². The lowest BCUT2D eigenvalue weighted by Gasteiger charge is -2.23. The highest BCUT2D eigenvalue weighted by Gasteiger charge is 2.19. The highest BCUT2D eigenvalue weighted by atomic mass is 32.2. The van der Waals surface area contributed by atoms with Crippen LogP contribution in [0.15, 0.2) is 71.7 Å². The van der Waals surface area contributed by atoms with E-state index in [0.717, 1.165) is 27.9 Å². The highest BCUT2D eigenvalue weighted by Crippen LogP contribution is 2.28. The molecule has 0 bridgehead atoms. The first kappa shape index (κ1) is 17.2. The molecule has 0 fully saturated rings. The maximum atomic E-state index is 4.82. The number of anilines is 2. The van der Waals surface area contributed by atoms with Crippen LogP contribution < -0.4 is 4.90 Å². The Bertz CT molecular complexity index is 843. The summed E-state index contributed by atoms with van der Waals surface area (Å²) in [5, 5.41) is 0.822. The van der Waals surface area contributed by atoms with Gasteiger partial charge < -0.3 is 0 Å². The number of nitrogens with zero attached hydrogens (tertiary/aromatic N) is 4. The largest absolute Gasteiger partial charge is 0.257 e. The summed E-state index contributed by atoms with van der Waals surface area (Å²) in [4.78, 5) is 16.1. The Kier molecular flexibility index (Phi) is 5.46. The molecule has 3 aromatic rings. The van der Waals surface area contributed by atoms with Gasteiger partial charge in [-0.05, 0) is 50.4 Å². The van der Waals surface area contributed by atoms with E-state index in [1.54, 1.807) is 11.8 Å². The molecule has 0 unspecified atom stereocenters. The van der Waals surface area contributed by atoms with Crippen LogP contribution in [0.5, 0.6) is 0 Å². The van der Waals surface area contributed by atoms with Crippen molar-refractivity contribution in [3.63, 3.8) is 0 Å². The number of benzene rings is 2. The molecule has 0 amide bonds. The molecular formula is C20H20N4S. The maximum Gasteiger partial charge on any atom is 0.236 e. The third-order valence-corrected chi connectivity index (χ3v) is 4.18. The van der Waals surface area contributed by atoms with Crippen molar-refractivity contribution in [2.75, 3.05) is 11.2 Å². The molecule has 0 N–H and O–H groups in total. The Balaban J connectivity index is 2.15. The van der Waals surface area contributed by atoms with Gasteiger partial charge in [0.25, 0.3) is 0 Å². The number of amidine groups is 1. The molecule has 0 aliphatic carbocycles. The first-order valence-corrected chi connectivity index (χ1v) is 9.25. The van der Waals surface area contributed by atoms with Crippen molar-refractivity contribution in [3.8, 4) is 0 Å². The lowest BCUT2D eigenvalue weighted by atomic mass is 10.3. The summed E-state index contributed by atoms with van der Waals surface area (Å²) in [7, 11) is 0. The monoisotopic (exact) mass is 348 g/mol. The van der Waals surface area contributed by atoms with E-state index in [1.807, 2.05) is 91.7 Å². The van der Waals surface area contributed by atoms with E-state index in [4.69, 9.17) is 4.99 Å². The fourth-order valence-electron chi connectivity index (χ4n) is 2.50. The van der Waals surface area contributed by atoms with Gasteiger partial charge in [0.15, 0.2) is 5.17 Å². The van der Waals surface area contributed by atoms with Gasteiger partial charge in [-0.15, -0.1) is 0 Å². The zero-order valence-corrected chi connectivity index (χ0v) is 15.4. The van der Waals surface area contributed by atoms with Crippen LogP contribution in [0.4, 0.5) is 17.3 Å². The van der Waals surface area contributed by atoms with Crippen LogP contribution in [0.25, 0.3) is 0 Å². The van der Waals surface area contributed by atoms with Crippen LogP contribution in [-0.2, 0) is 0 Å². The molecule has 25 heavy (non-hydrogen) atoms. The average Bonchev–Trinajstić information content (AvgIpc) is 2.62. The summed E-state index contributed by atoms with van der Waals surface area (Å²) in [6.45, 7) is 3.96. The van der Waals surface area contributed by atoms with Crippen LogP contribution >= 0.6 is 11.8 Å². The molecule has 4 nitrogen and oxygen atoms in total. The Hall–Kier alpha value is -2.66. The van der Waals surface area contributed by atoms with E-state index in [2.05, 4.69) is 9.97 Å². The molecule has 0 saturated carbocycles. The smallest absolute Gasteiger partial charge is 0.236 e. The van der Waals surface area contributed by atoms with E-state index in [0.29, 0.717) is 5.95 Å². The molecular weight excluding hydrogens is 328 g/mol. The van der Waals surface area contributed by atoms with Gasteiger partial charge in [0.05, 0.1) is 11.4 Å². The van der Waals surface area contributed by atoms with E-state index in [9.17, 15) is 0 Å². The second kappa shape index (κ2) is 7.94. The Morgan fingerprint density at radius 1 is 0.880 bits per heavy atom. The van der Waals surface area contributed by atoms with Crippen molar-refractivity contribution in [1.29, 1.82) is 0 Å². The van der Waals surface area contributed by atoms with Crippen molar-refractivity contribution < 1.29 is 0 Å². The minimum absolute atomic E-state index is 0.632. The first-order chi connectivity index (χ1) is 12.2. The minimum atomic E-state index is 0.632. The average molecular weight is 348 g/mol. The van der Waals surface area contributed by atoms with Crippen LogP contribution in [0, 0.1) is 13.8 Å². The number of aryl methyl sites for hydroxylation is 2. The van der Waals surface area contributed by atoms with Gasteiger partial charge in [-0.2, -0.15) is 0 Å².